The van der Waals surface area contributed by atoms with Crippen LogP contribution in [0.1, 0.15) is 11.5 Å². The third-order valence-corrected chi connectivity index (χ3v) is 3.16. The lowest BCUT2D eigenvalue weighted by molar-refractivity contribution is 0.288. The van der Waals surface area contributed by atoms with E-state index in [1.165, 1.54) is 23.0 Å². The van der Waals surface area contributed by atoms with E-state index in [4.69, 9.17) is 9.62 Å². The van der Waals surface area contributed by atoms with E-state index in [1.54, 1.807) is 19.2 Å². The van der Waals surface area contributed by atoms with Crippen molar-refractivity contribution in [1.29, 1.82) is 0 Å². The molecule has 0 aliphatic carbocycles. The largest absolute Gasteiger partial charge is 0.503 e. The molecule has 0 saturated heterocycles. The van der Waals surface area contributed by atoms with Gasteiger partial charge >= 0.3 is 0 Å². The number of benzene rings is 1. The predicted molar refractivity (Wildman–Crippen MR) is 74.7 cm³/mol. The van der Waals surface area contributed by atoms with Gasteiger partial charge in [-0.2, -0.15) is 0 Å². The fourth-order valence-electron chi connectivity index (χ4n) is 2.01. The van der Waals surface area contributed by atoms with E-state index in [2.05, 4.69) is 20.3 Å². The Morgan fingerprint density at radius 1 is 1.26 bits per heavy atom. The van der Waals surface area contributed by atoms with Gasteiger partial charge in [0.05, 0.1) is 12.7 Å². The second kappa shape index (κ2) is 5.87. The van der Waals surface area contributed by atoms with Gasteiger partial charge < -0.3 is 19.3 Å². The second-order valence-corrected chi connectivity index (χ2v) is 4.78. The van der Waals surface area contributed by atoms with Gasteiger partial charge in [0.1, 0.15) is 5.82 Å². The van der Waals surface area contributed by atoms with E-state index in [0.717, 1.165) is 5.56 Å². The summed E-state index contributed by atoms with van der Waals surface area (Å²) in [5.41, 5.74) is 0.714. The minimum Gasteiger partial charge on any atom is -0.503 e. The van der Waals surface area contributed by atoms with Gasteiger partial charge in [0, 0.05) is 7.05 Å². The van der Waals surface area contributed by atoms with Crippen molar-refractivity contribution in [3.63, 3.8) is 0 Å². The standard InChI is InChI=1S/C14H12FN5O3/c1-20-7-16-11(12(21)13(20)19-22)14-18-17-10(23-14)6-8-2-4-9(15)5-3-8/h2-5,7,21-22H,6H2,1H3. The molecular weight excluding hydrogens is 305 g/mol. The topological polar surface area (TPSA) is 110 Å². The first-order valence-corrected chi connectivity index (χ1v) is 6.58. The lowest BCUT2D eigenvalue weighted by Crippen LogP contribution is -2.19. The molecule has 23 heavy (non-hydrogen) atoms. The predicted octanol–water partition coefficient (Wildman–Crippen LogP) is 1.20. The molecule has 3 aromatic rings. The first kappa shape index (κ1) is 14.7. The smallest absolute Gasteiger partial charge is 0.270 e. The van der Waals surface area contributed by atoms with Crippen LogP contribution < -0.4 is 5.49 Å². The molecule has 1 aromatic carbocycles. The number of aryl methyl sites for hydroxylation is 1. The Labute approximate surface area is 129 Å². The third kappa shape index (κ3) is 2.89. The molecule has 0 atom stereocenters. The van der Waals surface area contributed by atoms with Crippen LogP contribution in [0.5, 0.6) is 5.75 Å². The Bertz CT molecular complexity index is 902. The molecule has 0 aliphatic heterocycles. The zero-order valence-corrected chi connectivity index (χ0v) is 12.0. The summed E-state index contributed by atoms with van der Waals surface area (Å²) in [4.78, 5) is 3.98. The van der Waals surface area contributed by atoms with Crippen LogP contribution in [0.4, 0.5) is 4.39 Å². The van der Waals surface area contributed by atoms with E-state index >= 15 is 0 Å². The van der Waals surface area contributed by atoms with Crippen molar-refractivity contribution in [3.05, 3.63) is 53.4 Å². The first-order valence-electron chi connectivity index (χ1n) is 6.58. The molecule has 0 radical (unpaired) electrons. The molecule has 0 saturated carbocycles. The van der Waals surface area contributed by atoms with Gasteiger partial charge in [-0.3, -0.25) is 0 Å². The molecule has 118 valence electrons. The molecule has 2 heterocycles. The first-order chi connectivity index (χ1) is 11.1. The molecule has 0 bridgehead atoms. The SMILES string of the molecule is Cn1cnc(-c2nnc(Cc3ccc(F)cc3)o2)c(O)c1=NO. The van der Waals surface area contributed by atoms with E-state index in [1.807, 2.05) is 0 Å². The fraction of sp³-hybridized carbons (Fsp3) is 0.143. The summed E-state index contributed by atoms with van der Waals surface area (Å²) in [5, 5.41) is 29.6. The average Bonchev–Trinajstić information content (AvgIpc) is 2.98. The van der Waals surface area contributed by atoms with Crippen molar-refractivity contribution in [2.24, 2.45) is 12.2 Å². The fourth-order valence-corrected chi connectivity index (χ4v) is 2.01. The summed E-state index contributed by atoms with van der Waals surface area (Å²) in [5.74, 6) is -0.436. The van der Waals surface area contributed by atoms with Crippen LogP contribution in [0, 0.1) is 5.82 Å². The molecule has 0 amide bonds. The maximum absolute atomic E-state index is 12.9. The Morgan fingerprint density at radius 2 is 2.00 bits per heavy atom. The number of rotatable bonds is 3. The summed E-state index contributed by atoms with van der Waals surface area (Å²) in [7, 11) is 1.55. The average molecular weight is 317 g/mol. The number of hydrogen-bond acceptors (Lipinski definition) is 7. The molecule has 0 aliphatic rings. The van der Waals surface area contributed by atoms with Crippen LogP contribution in [0.2, 0.25) is 0 Å². The highest BCUT2D eigenvalue weighted by molar-refractivity contribution is 5.54. The van der Waals surface area contributed by atoms with Crippen LogP contribution >= 0.6 is 0 Å². The van der Waals surface area contributed by atoms with E-state index in [-0.39, 0.29) is 34.5 Å². The Kier molecular flexibility index (Phi) is 3.75. The van der Waals surface area contributed by atoms with Crippen LogP contribution in [0.15, 0.2) is 40.2 Å². The Balaban J connectivity index is 1.92. The highest BCUT2D eigenvalue weighted by Gasteiger charge is 2.17. The molecule has 2 aromatic heterocycles. The van der Waals surface area contributed by atoms with E-state index < -0.39 is 0 Å². The molecule has 0 unspecified atom stereocenters. The molecule has 0 spiro atoms. The molecule has 9 heteroatoms. The van der Waals surface area contributed by atoms with Gasteiger partial charge in [0.25, 0.3) is 5.89 Å². The monoisotopic (exact) mass is 317 g/mol. The number of halogens is 1. The van der Waals surface area contributed by atoms with Crippen LogP contribution in [0.25, 0.3) is 11.6 Å². The Hall–Kier alpha value is -3.23. The Morgan fingerprint density at radius 3 is 2.70 bits per heavy atom. The normalized spacial score (nSPS) is 11.8. The maximum atomic E-state index is 12.9. The summed E-state index contributed by atoms with van der Waals surface area (Å²) >= 11 is 0. The number of aromatic hydroxyl groups is 1. The van der Waals surface area contributed by atoms with Gasteiger partial charge in [0.2, 0.25) is 11.4 Å². The van der Waals surface area contributed by atoms with Gasteiger partial charge in [-0.25, -0.2) is 9.37 Å². The molecule has 0 fully saturated rings. The van der Waals surface area contributed by atoms with Gasteiger partial charge in [0.15, 0.2) is 11.4 Å². The quantitative estimate of drug-likeness (QED) is 0.555. The summed E-state index contributed by atoms with van der Waals surface area (Å²) in [6, 6.07) is 5.90. The minimum absolute atomic E-state index is 0.00811. The zero-order valence-electron chi connectivity index (χ0n) is 12.0. The molecular formula is C14H12FN5O3. The van der Waals surface area contributed by atoms with Crippen molar-refractivity contribution in [2.75, 3.05) is 0 Å². The second-order valence-electron chi connectivity index (χ2n) is 4.78. The van der Waals surface area contributed by atoms with Gasteiger partial charge in [-0.05, 0) is 17.7 Å². The third-order valence-electron chi connectivity index (χ3n) is 3.16. The number of aromatic nitrogens is 4. The van der Waals surface area contributed by atoms with E-state index in [9.17, 15) is 9.50 Å². The minimum atomic E-state index is -0.380. The number of nitrogens with zero attached hydrogens (tertiary/aromatic N) is 5. The van der Waals surface area contributed by atoms with Gasteiger partial charge in [-0.1, -0.05) is 17.3 Å². The lowest BCUT2D eigenvalue weighted by Gasteiger charge is -2.02. The summed E-state index contributed by atoms with van der Waals surface area (Å²) < 4.78 is 19.7. The highest BCUT2D eigenvalue weighted by atomic mass is 19.1. The van der Waals surface area contributed by atoms with Crippen LogP contribution in [-0.4, -0.2) is 30.1 Å². The van der Waals surface area contributed by atoms with Crippen molar-refractivity contribution < 1.29 is 19.1 Å². The van der Waals surface area contributed by atoms with Crippen molar-refractivity contribution >= 4 is 0 Å². The summed E-state index contributed by atoms with van der Waals surface area (Å²) in [6.45, 7) is 0. The highest BCUT2D eigenvalue weighted by Crippen LogP contribution is 2.22. The van der Waals surface area contributed by atoms with Crippen molar-refractivity contribution in [3.8, 4) is 17.3 Å². The maximum Gasteiger partial charge on any atom is 0.270 e. The lowest BCUT2D eigenvalue weighted by atomic mass is 10.1. The summed E-state index contributed by atoms with van der Waals surface area (Å²) in [6.07, 6.45) is 1.65. The molecule has 2 N–H and O–H groups in total. The van der Waals surface area contributed by atoms with Crippen LogP contribution in [-0.2, 0) is 13.5 Å². The van der Waals surface area contributed by atoms with Crippen molar-refractivity contribution in [2.45, 2.75) is 6.42 Å². The zero-order chi connectivity index (χ0) is 16.4. The van der Waals surface area contributed by atoms with Crippen molar-refractivity contribution in [1.82, 2.24) is 19.7 Å². The molecule has 3 rings (SSSR count). The molecule has 8 nitrogen and oxygen atoms in total. The number of hydrogen-bond donors (Lipinski definition) is 2. The van der Waals surface area contributed by atoms with E-state index in [0.29, 0.717) is 6.42 Å². The van der Waals surface area contributed by atoms with Crippen LogP contribution in [0.3, 0.4) is 0 Å². The van der Waals surface area contributed by atoms with Gasteiger partial charge in [-0.15, -0.1) is 10.2 Å².